The van der Waals surface area contributed by atoms with Gasteiger partial charge in [-0.1, -0.05) is 51.0 Å². The van der Waals surface area contributed by atoms with E-state index in [1.54, 1.807) is 12.1 Å². The number of rotatable bonds is 8. The third-order valence-corrected chi connectivity index (χ3v) is 6.25. The number of anilines is 2. The van der Waals surface area contributed by atoms with Crippen LogP contribution in [0.4, 0.5) is 37.7 Å². The van der Waals surface area contributed by atoms with Gasteiger partial charge in [-0.2, -0.15) is 26.3 Å². The Balaban J connectivity index is 2.72. The number of benzene rings is 2. The van der Waals surface area contributed by atoms with Gasteiger partial charge < -0.3 is 21.7 Å². The van der Waals surface area contributed by atoms with Crippen molar-refractivity contribution in [2.45, 2.75) is 83.4 Å². The molecule has 2 rings (SSSR count). The standard InChI is InChI=1S/C25H32F6N2O2/c1-5-7-16-10-14(12-18(20(16)32)22(3,34)24(26,27)28)9-15-11-17(8-6-2)21(33)19(13-15)23(4,35)25(29,30)31/h10-13,34-35H,5-9,32-33H2,1-4H3. The summed E-state index contributed by atoms with van der Waals surface area (Å²) < 4.78 is 81.6. The Kier molecular flexibility index (Phi) is 8.13. The summed E-state index contributed by atoms with van der Waals surface area (Å²) in [6, 6.07) is 5.43. The summed E-state index contributed by atoms with van der Waals surface area (Å²) in [5.74, 6) is 0. The van der Waals surface area contributed by atoms with Crippen LogP contribution in [0.2, 0.25) is 0 Å². The number of aryl methyl sites for hydroxylation is 2. The monoisotopic (exact) mass is 506 g/mol. The van der Waals surface area contributed by atoms with Gasteiger partial charge in [0.2, 0.25) is 0 Å². The van der Waals surface area contributed by atoms with Crippen LogP contribution >= 0.6 is 0 Å². The second kappa shape index (κ2) is 9.89. The molecule has 10 heteroatoms. The molecule has 0 fully saturated rings. The third-order valence-electron chi connectivity index (χ3n) is 6.25. The van der Waals surface area contributed by atoms with E-state index in [4.69, 9.17) is 11.5 Å². The highest BCUT2D eigenvalue weighted by molar-refractivity contribution is 5.61. The number of alkyl halides is 6. The molecule has 2 atom stereocenters. The lowest BCUT2D eigenvalue weighted by Gasteiger charge is -2.30. The van der Waals surface area contributed by atoms with Crippen molar-refractivity contribution in [2.75, 3.05) is 11.5 Å². The molecule has 35 heavy (non-hydrogen) atoms. The largest absolute Gasteiger partial charge is 0.421 e. The van der Waals surface area contributed by atoms with Crippen molar-refractivity contribution in [3.05, 3.63) is 57.6 Å². The average molecular weight is 507 g/mol. The molecule has 2 unspecified atom stereocenters. The Morgan fingerprint density at radius 2 is 0.971 bits per heavy atom. The lowest BCUT2D eigenvalue weighted by Crippen LogP contribution is -2.40. The van der Waals surface area contributed by atoms with E-state index in [1.165, 1.54) is 0 Å². The normalized spacial score (nSPS) is 16.1. The van der Waals surface area contributed by atoms with E-state index in [1.807, 2.05) is 13.8 Å². The summed E-state index contributed by atoms with van der Waals surface area (Å²) >= 11 is 0. The molecule has 0 heterocycles. The molecule has 0 aliphatic heterocycles. The minimum absolute atomic E-state index is 0.0597. The molecule has 0 amide bonds. The van der Waals surface area contributed by atoms with Crippen LogP contribution in [0.3, 0.4) is 0 Å². The third kappa shape index (κ3) is 5.69. The van der Waals surface area contributed by atoms with Crippen LogP contribution in [-0.4, -0.2) is 22.6 Å². The van der Waals surface area contributed by atoms with E-state index in [-0.39, 0.29) is 17.8 Å². The first-order chi connectivity index (χ1) is 15.9. The predicted octanol–water partition coefficient (Wildman–Crippen LogP) is 5.89. The van der Waals surface area contributed by atoms with Crippen molar-refractivity contribution in [1.82, 2.24) is 0 Å². The number of nitrogen functional groups attached to an aromatic ring is 2. The smallest absolute Gasteiger partial charge is 0.398 e. The molecule has 196 valence electrons. The van der Waals surface area contributed by atoms with Crippen LogP contribution in [0.1, 0.15) is 73.9 Å². The Bertz CT molecular complexity index is 976. The molecule has 0 bridgehead atoms. The van der Waals surface area contributed by atoms with Crippen molar-refractivity contribution in [3.8, 4) is 0 Å². The number of hydrogen-bond acceptors (Lipinski definition) is 4. The predicted molar refractivity (Wildman–Crippen MR) is 124 cm³/mol. The zero-order valence-electron chi connectivity index (χ0n) is 20.2. The first-order valence-corrected chi connectivity index (χ1v) is 11.3. The van der Waals surface area contributed by atoms with Gasteiger partial charge in [-0.25, -0.2) is 0 Å². The topological polar surface area (TPSA) is 92.5 Å². The molecule has 0 saturated heterocycles. The lowest BCUT2D eigenvalue weighted by atomic mass is 9.85. The van der Waals surface area contributed by atoms with Gasteiger partial charge in [0.05, 0.1) is 0 Å². The molecule has 4 nitrogen and oxygen atoms in total. The van der Waals surface area contributed by atoms with E-state index in [9.17, 15) is 36.6 Å². The van der Waals surface area contributed by atoms with Gasteiger partial charge in [0.15, 0.2) is 11.2 Å². The minimum atomic E-state index is -5.00. The summed E-state index contributed by atoms with van der Waals surface area (Å²) in [7, 11) is 0. The second-order valence-electron chi connectivity index (χ2n) is 9.25. The zero-order chi connectivity index (χ0) is 27.0. The maximum Gasteiger partial charge on any atom is 0.421 e. The zero-order valence-corrected chi connectivity index (χ0v) is 20.2. The van der Waals surface area contributed by atoms with Gasteiger partial charge >= 0.3 is 12.4 Å². The van der Waals surface area contributed by atoms with Crippen molar-refractivity contribution >= 4 is 11.4 Å². The van der Waals surface area contributed by atoms with Crippen molar-refractivity contribution < 1.29 is 36.6 Å². The fraction of sp³-hybridized carbons (Fsp3) is 0.520. The molecule has 0 radical (unpaired) electrons. The van der Waals surface area contributed by atoms with Crippen LogP contribution in [0.5, 0.6) is 0 Å². The molecular formula is C25H32F6N2O2. The van der Waals surface area contributed by atoms with E-state index in [0.717, 1.165) is 12.1 Å². The molecule has 0 saturated carbocycles. The number of aliphatic hydroxyl groups is 2. The Morgan fingerprint density at radius 1 is 0.657 bits per heavy atom. The summed E-state index contributed by atoms with van der Waals surface area (Å²) in [6.45, 7) is 4.85. The maximum absolute atomic E-state index is 13.6. The van der Waals surface area contributed by atoms with E-state index in [2.05, 4.69) is 0 Å². The van der Waals surface area contributed by atoms with Gasteiger partial charge in [0, 0.05) is 22.5 Å². The number of halogens is 6. The molecule has 0 aliphatic carbocycles. The molecule has 0 spiro atoms. The van der Waals surface area contributed by atoms with E-state index in [0.29, 0.717) is 61.8 Å². The van der Waals surface area contributed by atoms with Gasteiger partial charge in [-0.3, -0.25) is 0 Å². The van der Waals surface area contributed by atoms with E-state index >= 15 is 0 Å². The highest BCUT2D eigenvalue weighted by Crippen LogP contribution is 2.44. The molecule has 2 aromatic carbocycles. The molecule has 2 aromatic rings. The summed E-state index contributed by atoms with van der Waals surface area (Å²) in [5, 5.41) is 20.6. The van der Waals surface area contributed by atoms with Crippen LogP contribution < -0.4 is 11.5 Å². The number of hydrogen-bond donors (Lipinski definition) is 4. The van der Waals surface area contributed by atoms with Gasteiger partial charge in [-0.05, 0) is 55.4 Å². The highest BCUT2D eigenvalue weighted by Gasteiger charge is 2.53. The highest BCUT2D eigenvalue weighted by atomic mass is 19.4. The van der Waals surface area contributed by atoms with Crippen LogP contribution in [-0.2, 0) is 30.5 Å². The lowest BCUT2D eigenvalue weighted by molar-refractivity contribution is -0.258. The van der Waals surface area contributed by atoms with Crippen LogP contribution in [0.15, 0.2) is 24.3 Å². The summed E-state index contributed by atoms with van der Waals surface area (Å²) in [5.41, 5.74) is 5.59. The Morgan fingerprint density at radius 3 is 1.23 bits per heavy atom. The summed E-state index contributed by atoms with van der Waals surface area (Å²) in [6.07, 6.45) is -8.23. The Labute approximate surface area is 200 Å². The fourth-order valence-electron chi connectivity index (χ4n) is 4.06. The van der Waals surface area contributed by atoms with E-state index < -0.39 is 34.7 Å². The Hall–Kier alpha value is -2.46. The van der Waals surface area contributed by atoms with Crippen molar-refractivity contribution in [2.24, 2.45) is 0 Å². The van der Waals surface area contributed by atoms with Gasteiger partial charge in [0.25, 0.3) is 0 Å². The maximum atomic E-state index is 13.6. The molecule has 6 N–H and O–H groups in total. The van der Waals surface area contributed by atoms with Crippen LogP contribution in [0, 0.1) is 0 Å². The minimum Gasteiger partial charge on any atom is -0.398 e. The number of nitrogens with two attached hydrogens (primary N) is 2. The summed E-state index contributed by atoms with van der Waals surface area (Å²) in [4.78, 5) is 0. The van der Waals surface area contributed by atoms with Gasteiger partial charge in [0.1, 0.15) is 0 Å². The van der Waals surface area contributed by atoms with Crippen LogP contribution in [0.25, 0.3) is 0 Å². The molecule has 0 aromatic heterocycles. The van der Waals surface area contributed by atoms with Crippen molar-refractivity contribution in [1.29, 1.82) is 0 Å². The average Bonchev–Trinajstić information content (AvgIpc) is 2.71. The SMILES string of the molecule is CCCc1cc(Cc2cc(CCC)c(N)c(C(C)(O)C(F)(F)F)c2)cc(C(C)(O)C(F)(F)F)c1N. The molecule has 0 aliphatic rings. The first-order valence-electron chi connectivity index (χ1n) is 11.3. The quantitative estimate of drug-likeness (QED) is 0.266. The molecular weight excluding hydrogens is 474 g/mol. The first kappa shape index (κ1) is 28.8. The fourth-order valence-corrected chi connectivity index (χ4v) is 4.06. The van der Waals surface area contributed by atoms with Crippen molar-refractivity contribution in [3.63, 3.8) is 0 Å². The van der Waals surface area contributed by atoms with Gasteiger partial charge in [-0.15, -0.1) is 0 Å². The second-order valence-corrected chi connectivity index (χ2v) is 9.25.